The predicted octanol–water partition coefficient (Wildman–Crippen LogP) is 26.7. The Labute approximate surface area is 649 Å². The zero-order valence-corrected chi connectivity index (χ0v) is 65.4. The van der Waals surface area contributed by atoms with Crippen molar-refractivity contribution in [2.45, 2.75) is 27.7 Å². The van der Waals surface area contributed by atoms with Gasteiger partial charge in [-0.15, -0.1) is 56.7 Å². The minimum absolute atomic E-state index is 0.941. The number of hydrogen-bond donors (Lipinski definition) is 0. The second kappa shape index (κ2) is 26.6. The van der Waals surface area contributed by atoms with Crippen LogP contribution in [-0.2, 0) is 28.2 Å². The SMILES string of the molecule is Cc1c(-c2cc3c(c[n+]2C)sc2c4ccccc4ccc32)sc2ccccc12.Cc1c(-c2cc3c(c[n+]2C)sc2cc4ccccc4cc23)oc2ccccc12.Cc1ccccc1-c1c2oc3c4ccccc4ccc3c2cc[n+]1C.Cc1sc2ccccc2c1-c1cc2c(c[n+]1C)sc1c3ccccc3ccc21. The summed E-state index contributed by atoms with van der Waals surface area (Å²) >= 11 is 9.43. The van der Waals surface area contributed by atoms with Crippen LogP contribution in [0.2, 0.25) is 0 Å². The average Bonchev–Trinajstić information content (AvgIpc) is 1.61. The Morgan fingerprint density at radius 3 is 1.41 bits per heavy atom. The third-order valence-corrected chi connectivity index (χ3v) is 27.9. The van der Waals surface area contributed by atoms with Gasteiger partial charge in [-0.25, -0.2) is 0 Å². The number of nitrogens with zero attached hydrogens (tertiary/aromatic N) is 4. The summed E-state index contributed by atoms with van der Waals surface area (Å²) in [7, 11) is 8.51. The van der Waals surface area contributed by atoms with Crippen molar-refractivity contribution in [1.29, 1.82) is 0 Å². The van der Waals surface area contributed by atoms with Crippen molar-refractivity contribution in [3.8, 4) is 44.5 Å². The average molecular weight is 1500 g/mol. The predicted molar refractivity (Wildman–Crippen MR) is 468 cm³/mol. The van der Waals surface area contributed by atoms with E-state index in [-0.39, 0.29) is 0 Å². The van der Waals surface area contributed by atoms with Crippen molar-refractivity contribution in [1.82, 2.24) is 0 Å². The second-order valence-electron chi connectivity index (χ2n) is 28.7. The molecule has 0 aliphatic rings. The van der Waals surface area contributed by atoms with Crippen molar-refractivity contribution in [2.24, 2.45) is 28.2 Å². The molecule has 0 spiro atoms. The first kappa shape index (κ1) is 66.6. The zero-order chi connectivity index (χ0) is 73.4. The van der Waals surface area contributed by atoms with Crippen LogP contribution >= 0.6 is 56.7 Å². The van der Waals surface area contributed by atoms with Gasteiger partial charge in [0.05, 0.1) is 25.2 Å². The molecule has 109 heavy (non-hydrogen) atoms. The number of fused-ring (bicyclic) bond motifs is 22. The molecule has 0 fully saturated rings. The number of para-hydroxylation sites is 1. The number of pyridine rings is 4. The Morgan fingerprint density at radius 2 is 0.761 bits per heavy atom. The van der Waals surface area contributed by atoms with Crippen molar-refractivity contribution in [3.05, 3.63) is 313 Å². The van der Waals surface area contributed by atoms with E-state index in [0.717, 1.165) is 44.7 Å². The topological polar surface area (TPSA) is 41.8 Å². The summed E-state index contributed by atoms with van der Waals surface area (Å²) in [6, 6.07) is 95.8. The Bertz CT molecular complexity index is 7580. The fraction of sp³-hybridized carbons (Fsp3) is 0.0816. The summed E-state index contributed by atoms with van der Waals surface area (Å²) in [6.07, 6.45) is 8.95. The number of aryl methyl sites for hydroxylation is 8. The van der Waals surface area contributed by atoms with Gasteiger partial charge in [0, 0.05) is 117 Å². The molecule has 0 saturated heterocycles. The first-order valence-electron chi connectivity index (χ1n) is 36.8. The van der Waals surface area contributed by atoms with Crippen LogP contribution in [0.3, 0.4) is 0 Å². The Balaban J connectivity index is 0.0000000955. The van der Waals surface area contributed by atoms with Gasteiger partial charge >= 0.3 is 0 Å². The van der Waals surface area contributed by atoms with Crippen molar-refractivity contribution < 1.29 is 27.1 Å². The van der Waals surface area contributed by atoms with Gasteiger partial charge in [-0.3, -0.25) is 0 Å². The molecule has 11 aromatic heterocycles. The molecule has 0 aliphatic heterocycles. The van der Waals surface area contributed by atoms with Crippen LogP contribution in [0.4, 0.5) is 0 Å². The van der Waals surface area contributed by atoms with E-state index in [1.54, 1.807) is 0 Å². The van der Waals surface area contributed by atoms with Crippen LogP contribution in [0.5, 0.6) is 0 Å². The fourth-order valence-electron chi connectivity index (χ4n) is 16.5. The third-order valence-electron chi connectivity index (χ3n) is 22.1. The van der Waals surface area contributed by atoms with Gasteiger partial charge in [0.15, 0.2) is 24.8 Å². The van der Waals surface area contributed by atoms with Gasteiger partial charge in [-0.2, -0.15) is 18.3 Å². The quantitative estimate of drug-likeness (QED) is 0.165. The number of aromatic nitrogens is 4. The molecule has 23 rings (SSSR count). The molecule has 0 bridgehead atoms. The zero-order valence-electron chi connectivity index (χ0n) is 61.4. The molecular weight excluding hydrogens is 1430 g/mol. The van der Waals surface area contributed by atoms with Crippen molar-refractivity contribution in [3.63, 3.8) is 0 Å². The lowest BCUT2D eigenvalue weighted by molar-refractivity contribution is -0.659. The monoisotopic (exact) mass is 1500 g/mol. The van der Waals surface area contributed by atoms with Gasteiger partial charge in [0.25, 0.3) is 5.69 Å². The van der Waals surface area contributed by atoms with E-state index in [0.29, 0.717) is 0 Å². The number of hydrogen-bond acceptors (Lipinski definition) is 7. The maximum Gasteiger partial charge on any atom is 0.256 e. The summed E-state index contributed by atoms with van der Waals surface area (Å²) in [4.78, 5) is 2.74. The smallest absolute Gasteiger partial charge is 0.256 e. The van der Waals surface area contributed by atoms with Gasteiger partial charge in [-0.1, -0.05) is 200 Å². The Kier molecular flexibility index (Phi) is 16.2. The van der Waals surface area contributed by atoms with E-state index in [1.807, 2.05) is 68.8 Å². The highest BCUT2D eigenvalue weighted by molar-refractivity contribution is 7.27. The summed E-state index contributed by atoms with van der Waals surface area (Å²) in [6.45, 7) is 8.78. The van der Waals surface area contributed by atoms with Gasteiger partial charge in [0.1, 0.15) is 44.2 Å². The highest BCUT2D eigenvalue weighted by Crippen LogP contribution is 2.46. The van der Waals surface area contributed by atoms with Crippen molar-refractivity contribution in [2.75, 3.05) is 0 Å². The molecule has 11 heterocycles. The molecule has 23 aromatic rings. The highest BCUT2D eigenvalue weighted by Gasteiger charge is 2.27. The first-order valence-corrected chi connectivity index (χ1v) is 40.9. The van der Waals surface area contributed by atoms with Crippen LogP contribution in [0.15, 0.2) is 301 Å². The summed E-state index contributed by atoms with van der Waals surface area (Å²) < 4.78 is 32.4. The molecule has 12 aromatic carbocycles. The van der Waals surface area contributed by atoms with Crippen LogP contribution in [0, 0.1) is 27.7 Å². The molecule has 0 aliphatic carbocycles. The van der Waals surface area contributed by atoms with E-state index < -0.39 is 0 Å². The maximum atomic E-state index is 6.47. The molecule has 0 N–H and O–H groups in total. The van der Waals surface area contributed by atoms with E-state index in [4.69, 9.17) is 8.83 Å². The highest BCUT2D eigenvalue weighted by atomic mass is 32.1. The van der Waals surface area contributed by atoms with Gasteiger partial charge in [-0.05, 0) is 124 Å². The lowest BCUT2D eigenvalue weighted by Gasteiger charge is -2.04. The number of benzene rings is 12. The minimum Gasteiger partial charge on any atom is -0.449 e. The molecule has 0 atom stereocenters. The van der Waals surface area contributed by atoms with E-state index in [9.17, 15) is 0 Å². The molecule has 0 radical (unpaired) electrons. The Hall–Kier alpha value is -11.8. The molecule has 0 saturated carbocycles. The lowest BCUT2D eigenvalue weighted by atomic mass is 10.0. The molecule has 11 heteroatoms. The summed E-state index contributed by atoms with van der Waals surface area (Å²) in [5.41, 5.74) is 14.0. The van der Waals surface area contributed by atoms with Crippen LogP contribution in [0.25, 0.3) is 201 Å². The molecule has 0 amide bonds. The molecule has 6 nitrogen and oxygen atoms in total. The van der Waals surface area contributed by atoms with E-state index >= 15 is 0 Å². The minimum atomic E-state index is 0.941. The largest absolute Gasteiger partial charge is 0.449 e. The van der Waals surface area contributed by atoms with Crippen LogP contribution in [-0.4, -0.2) is 0 Å². The third kappa shape index (κ3) is 11.2. The molecule has 0 unspecified atom stereocenters. The number of furan rings is 2. The normalized spacial score (nSPS) is 11.9. The van der Waals surface area contributed by atoms with Gasteiger partial charge in [0.2, 0.25) is 28.4 Å². The standard InChI is InChI=1S/C25H18NOS.2C25H18NS2.C23H18NO/c1-15-18-9-5-6-10-22(18)27-25(15)21-13-20-19-11-16-7-3-4-8-17(16)12-23(19)28-24(20)14-26(21)2;1-15-17-8-5-6-10-22(17)27-24(15)21-13-20-19-12-11-16-7-3-4-9-18(16)25(19)28-23(20)14-26(21)2;1-15-24(19-9-5-6-10-22(19)27-15)21-13-20-18-12-11-16-7-3-4-8-17(16)25(18)28-23(20)14-26(21)2;1-15-7-3-5-9-17(15)21-23-20(13-14-24(21)2)19-12-11-16-8-4-6-10-18(16)22(19)25-23/h3*3-14H,1-2H3;3-14H,1-2H3/q4*+1. The Morgan fingerprint density at radius 1 is 0.284 bits per heavy atom. The van der Waals surface area contributed by atoms with E-state index in [1.165, 1.54) is 178 Å². The molecule has 522 valence electrons. The van der Waals surface area contributed by atoms with Crippen LogP contribution in [0.1, 0.15) is 21.6 Å². The van der Waals surface area contributed by atoms with E-state index in [2.05, 4.69) is 354 Å². The maximum absolute atomic E-state index is 6.47. The number of rotatable bonds is 4. The summed E-state index contributed by atoms with van der Waals surface area (Å²) in [5, 5.41) is 24.5. The lowest BCUT2D eigenvalue weighted by Crippen LogP contribution is -2.30. The first-order chi connectivity index (χ1) is 53.3. The van der Waals surface area contributed by atoms with Crippen molar-refractivity contribution >= 4 is 213 Å². The van der Waals surface area contributed by atoms with Gasteiger partial charge < -0.3 is 8.83 Å². The summed E-state index contributed by atoms with van der Waals surface area (Å²) in [5.74, 6) is 0.950. The molecular formula is C98H72N4O2S5+4. The number of thiophene rings is 5. The van der Waals surface area contributed by atoms with Crippen LogP contribution < -0.4 is 18.3 Å². The fourth-order valence-corrected chi connectivity index (χ4v) is 22.6. The second-order valence-corrected chi connectivity index (χ2v) is 34.2.